The first-order chi connectivity index (χ1) is 13.1. The SMILES string of the molecule is CN=C(NCCCN1CCCCC1C)NCC(C)Oc1ccccc1OC.I. The van der Waals surface area contributed by atoms with Crippen molar-refractivity contribution in [3.05, 3.63) is 24.3 Å². The van der Waals surface area contributed by atoms with Crippen molar-refractivity contribution in [3.63, 3.8) is 0 Å². The summed E-state index contributed by atoms with van der Waals surface area (Å²) in [6.45, 7) is 8.36. The van der Waals surface area contributed by atoms with Gasteiger partial charge in [0.05, 0.1) is 13.7 Å². The number of benzene rings is 1. The fourth-order valence-electron chi connectivity index (χ4n) is 3.41. The van der Waals surface area contributed by atoms with Crippen LogP contribution in [0.1, 0.15) is 39.5 Å². The number of aliphatic imine (C=N–C) groups is 1. The highest BCUT2D eigenvalue weighted by atomic mass is 127. The minimum absolute atomic E-state index is 0. The summed E-state index contributed by atoms with van der Waals surface area (Å²) in [5.41, 5.74) is 0. The lowest BCUT2D eigenvalue weighted by Gasteiger charge is -2.33. The Morgan fingerprint density at radius 3 is 2.68 bits per heavy atom. The van der Waals surface area contributed by atoms with Gasteiger partial charge in [-0.25, -0.2) is 0 Å². The van der Waals surface area contributed by atoms with Gasteiger partial charge in [0.25, 0.3) is 0 Å². The van der Waals surface area contributed by atoms with Gasteiger partial charge in [-0.2, -0.15) is 0 Å². The average molecular weight is 504 g/mol. The number of para-hydroxylation sites is 2. The first-order valence-corrected chi connectivity index (χ1v) is 10.1. The lowest BCUT2D eigenvalue weighted by molar-refractivity contribution is 0.159. The molecule has 1 aromatic rings. The van der Waals surface area contributed by atoms with E-state index >= 15 is 0 Å². The van der Waals surface area contributed by atoms with Crippen LogP contribution in [0.15, 0.2) is 29.3 Å². The molecule has 0 bridgehead atoms. The van der Waals surface area contributed by atoms with E-state index in [0.717, 1.165) is 43.0 Å². The third kappa shape index (κ3) is 8.43. The van der Waals surface area contributed by atoms with Crippen molar-refractivity contribution in [1.82, 2.24) is 15.5 Å². The van der Waals surface area contributed by atoms with Gasteiger partial charge in [-0.15, -0.1) is 24.0 Å². The molecule has 7 heteroatoms. The van der Waals surface area contributed by atoms with Crippen LogP contribution in [0.25, 0.3) is 0 Å². The Balaban J connectivity index is 0.00000392. The Morgan fingerprint density at radius 2 is 2.00 bits per heavy atom. The average Bonchev–Trinajstić information content (AvgIpc) is 2.69. The van der Waals surface area contributed by atoms with Crippen molar-refractivity contribution >= 4 is 29.9 Å². The smallest absolute Gasteiger partial charge is 0.191 e. The Labute approximate surface area is 187 Å². The molecule has 0 aromatic heterocycles. The molecule has 1 fully saturated rings. The maximum Gasteiger partial charge on any atom is 0.191 e. The van der Waals surface area contributed by atoms with Crippen molar-refractivity contribution in [2.75, 3.05) is 40.3 Å². The highest BCUT2D eigenvalue weighted by Gasteiger charge is 2.17. The number of halogens is 1. The number of hydrogen-bond acceptors (Lipinski definition) is 4. The molecule has 28 heavy (non-hydrogen) atoms. The van der Waals surface area contributed by atoms with Crippen LogP contribution in [0.2, 0.25) is 0 Å². The molecule has 1 saturated heterocycles. The molecule has 2 unspecified atom stereocenters. The van der Waals surface area contributed by atoms with Gasteiger partial charge >= 0.3 is 0 Å². The van der Waals surface area contributed by atoms with Gasteiger partial charge < -0.3 is 25.0 Å². The summed E-state index contributed by atoms with van der Waals surface area (Å²) < 4.78 is 11.3. The molecule has 2 atom stereocenters. The second-order valence-corrected chi connectivity index (χ2v) is 7.19. The Kier molecular flexibility index (Phi) is 12.3. The Morgan fingerprint density at radius 1 is 1.25 bits per heavy atom. The predicted molar refractivity (Wildman–Crippen MR) is 127 cm³/mol. The molecule has 0 spiro atoms. The first-order valence-electron chi connectivity index (χ1n) is 10.1. The third-order valence-electron chi connectivity index (χ3n) is 5.03. The van der Waals surface area contributed by atoms with Gasteiger partial charge in [-0.3, -0.25) is 4.99 Å². The normalized spacial score (nSPS) is 18.7. The number of methoxy groups -OCH3 is 1. The van der Waals surface area contributed by atoms with Crippen LogP contribution in [-0.2, 0) is 0 Å². The zero-order chi connectivity index (χ0) is 19.5. The number of hydrogen-bond donors (Lipinski definition) is 2. The summed E-state index contributed by atoms with van der Waals surface area (Å²) in [5.74, 6) is 2.32. The molecule has 0 aliphatic carbocycles. The molecular weight excluding hydrogens is 467 g/mol. The standard InChI is InChI=1S/C21H36N4O2.HI/c1-17-10-7-8-14-25(17)15-9-13-23-21(22-3)24-16-18(2)27-20-12-6-5-11-19(20)26-4;/h5-6,11-12,17-18H,7-10,13-16H2,1-4H3,(H2,22,23,24);1H. The molecule has 6 nitrogen and oxygen atoms in total. The van der Waals surface area contributed by atoms with Gasteiger partial charge in [-0.05, 0) is 51.8 Å². The van der Waals surface area contributed by atoms with E-state index in [1.807, 2.05) is 31.2 Å². The van der Waals surface area contributed by atoms with Gasteiger partial charge in [0.15, 0.2) is 17.5 Å². The number of piperidine rings is 1. The maximum atomic E-state index is 5.97. The molecule has 2 N–H and O–H groups in total. The van der Waals surface area contributed by atoms with Crippen molar-refractivity contribution in [3.8, 4) is 11.5 Å². The number of ether oxygens (including phenoxy) is 2. The van der Waals surface area contributed by atoms with Crippen molar-refractivity contribution in [2.45, 2.75) is 51.7 Å². The number of rotatable bonds is 9. The molecular formula is C21H37IN4O2. The second-order valence-electron chi connectivity index (χ2n) is 7.19. The van der Waals surface area contributed by atoms with E-state index < -0.39 is 0 Å². The van der Waals surface area contributed by atoms with Crippen LogP contribution in [0.5, 0.6) is 11.5 Å². The van der Waals surface area contributed by atoms with Crippen molar-refractivity contribution in [1.29, 1.82) is 0 Å². The van der Waals surface area contributed by atoms with Crippen molar-refractivity contribution < 1.29 is 9.47 Å². The Hall–Kier alpha value is -1.22. The summed E-state index contributed by atoms with van der Waals surface area (Å²) in [7, 11) is 3.45. The highest BCUT2D eigenvalue weighted by Crippen LogP contribution is 2.26. The first kappa shape index (κ1) is 24.8. The van der Waals surface area contributed by atoms with E-state index in [-0.39, 0.29) is 30.1 Å². The van der Waals surface area contributed by atoms with Gasteiger partial charge in [0.2, 0.25) is 0 Å². The van der Waals surface area contributed by atoms with Crippen LogP contribution in [0, 0.1) is 0 Å². The van der Waals surface area contributed by atoms with E-state index in [0.29, 0.717) is 6.54 Å². The zero-order valence-corrected chi connectivity index (χ0v) is 20.1. The zero-order valence-electron chi connectivity index (χ0n) is 17.7. The van der Waals surface area contributed by atoms with Crippen molar-refractivity contribution in [2.24, 2.45) is 4.99 Å². The van der Waals surface area contributed by atoms with Crippen LogP contribution >= 0.6 is 24.0 Å². The topological polar surface area (TPSA) is 58.1 Å². The lowest BCUT2D eigenvalue weighted by atomic mass is 10.0. The summed E-state index contributed by atoms with van der Waals surface area (Å²) in [5, 5.41) is 6.73. The number of nitrogens with one attached hydrogen (secondary N) is 2. The number of guanidine groups is 1. The second kappa shape index (κ2) is 13.9. The molecule has 1 aliphatic rings. The minimum atomic E-state index is -0.00551. The molecule has 0 saturated carbocycles. The van der Waals surface area contributed by atoms with E-state index in [4.69, 9.17) is 9.47 Å². The van der Waals surface area contributed by atoms with E-state index in [1.165, 1.54) is 25.8 Å². The summed E-state index contributed by atoms with van der Waals surface area (Å²) >= 11 is 0. The van der Waals surface area contributed by atoms with Gasteiger partial charge in [0.1, 0.15) is 6.10 Å². The molecule has 0 amide bonds. The molecule has 1 aliphatic heterocycles. The molecule has 160 valence electrons. The molecule has 0 radical (unpaired) electrons. The van der Waals surface area contributed by atoms with Crippen LogP contribution in [0.3, 0.4) is 0 Å². The Bertz CT molecular complexity index is 585. The number of likely N-dealkylation sites (tertiary alicyclic amines) is 1. The van der Waals surface area contributed by atoms with E-state index in [2.05, 4.69) is 27.4 Å². The summed E-state index contributed by atoms with van der Waals surface area (Å²) in [6, 6.07) is 8.43. The largest absolute Gasteiger partial charge is 0.493 e. The lowest BCUT2D eigenvalue weighted by Crippen LogP contribution is -2.43. The fraction of sp³-hybridized carbons (Fsp3) is 0.667. The highest BCUT2D eigenvalue weighted by molar-refractivity contribution is 14.0. The third-order valence-corrected chi connectivity index (χ3v) is 5.03. The summed E-state index contributed by atoms with van der Waals surface area (Å²) in [4.78, 5) is 6.90. The quantitative estimate of drug-likeness (QED) is 0.233. The summed E-state index contributed by atoms with van der Waals surface area (Å²) in [6.07, 6.45) is 5.17. The van der Waals surface area contributed by atoms with Gasteiger partial charge in [-0.1, -0.05) is 18.6 Å². The monoisotopic (exact) mass is 504 g/mol. The predicted octanol–water partition coefficient (Wildman–Crippen LogP) is 3.51. The fourth-order valence-corrected chi connectivity index (χ4v) is 3.41. The van der Waals surface area contributed by atoms with Crippen LogP contribution in [-0.4, -0.2) is 63.3 Å². The van der Waals surface area contributed by atoms with Crippen LogP contribution in [0.4, 0.5) is 0 Å². The molecule has 1 aromatic carbocycles. The van der Waals surface area contributed by atoms with E-state index in [9.17, 15) is 0 Å². The van der Waals surface area contributed by atoms with Gasteiger partial charge in [0, 0.05) is 26.2 Å². The van der Waals surface area contributed by atoms with Crippen LogP contribution < -0.4 is 20.1 Å². The molecule has 2 rings (SSSR count). The maximum absolute atomic E-state index is 5.97. The number of nitrogens with zero attached hydrogens (tertiary/aromatic N) is 2. The minimum Gasteiger partial charge on any atom is -0.493 e. The van der Waals surface area contributed by atoms with E-state index in [1.54, 1.807) is 14.2 Å². The molecule has 1 heterocycles.